The number of aryl methyl sites for hydroxylation is 1. The number of H-pyrrole nitrogens is 1. The van der Waals surface area contributed by atoms with E-state index in [0.29, 0.717) is 16.8 Å². The Morgan fingerprint density at radius 1 is 1.05 bits per heavy atom. The van der Waals surface area contributed by atoms with Crippen molar-refractivity contribution in [2.75, 3.05) is 12.0 Å². The normalized spacial score (nSPS) is 24.4. The monoisotopic (exact) mass is 525 g/mol. The van der Waals surface area contributed by atoms with Crippen molar-refractivity contribution in [3.8, 4) is 11.5 Å². The summed E-state index contributed by atoms with van der Waals surface area (Å²) in [6, 6.07) is 18.4. The van der Waals surface area contributed by atoms with E-state index in [-0.39, 0.29) is 17.9 Å². The minimum Gasteiger partial charge on any atom is -0.504 e. The van der Waals surface area contributed by atoms with E-state index in [1.54, 1.807) is 42.6 Å². The van der Waals surface area contributed by atoms with Crippen LogP contribution in [0.15, 0.2) is 72.9 Å². The van der Waals surface area contributed by atoms with Crippen LogP contribution in [-0.2, 0) is 20.8 Å². The number of fused-ring (bicyclic) bond motifs is 2. The number of methoxy groups -OCH3 is 1. The van der Waals surface area contributed by atoms with Crippen LogP contribution in [0.3, 0.4) is 0 Å². The van der Waals surface area contributed by atoms with Gasteiger partial charge >= 0.3 is 5.97 Å². The molecule has 9 nitrogen and oxygen atoms in total. The molecule has 3 aromatic carbocycles. The molecule has 2 aliphatic heterocycles. The molecule has 2 aliphatic rings. The summed E-state index contributed by atoms with van der Waals surface area (Å²) in [6.45, 7) is 1.85. The molecule has 6 rings (SSSR count). The van der Waals surface area contributed by atoms with Gasteiger partial charge in [0.15, 0.2) is 11.5 Å². The molecule has 0 aliphatic carbocycles. The van der Waals surface area contributed by atoms with Crippen LogP contribution < -0.4 is 15.0 Å². The molecule has 0 unspecified atom stereocenters. The number of aliphatic carboxylic acids is 1. The average Bonchev–Trinajstić information content (AvgIpc) is 3.56. The van der Waals surface area contributed by atoms with Gasteiger partial charge in [-0.15, -0.1) is 0 Å². The van der Waals surface area contributed by atoms with Gasteiger partial charge in [-0.05, 0) is 42.3 Å². The van der Waals surface area contributed by atoms with Gasteiger partial charge in [0.1, 0.15) is 5.54 Å². The second kappa shape index (κ2) is 8.99. The Morgan fingerprint density at radius 2 is 1.82 bits per heavy atom. The number of hydrogen-bond donors (Lipinski definition) is 4. The van der Waals surface area contributed by atoms with E-state index in [1.165, 1.54) is 7.11 Å². The van der Waals surface area contributed by atoms with E-state index in [1.807, 2.05) is 37.3 Å². The summed E-state index contributed by atoms with van der Waals surface area (Å²) >= 11 is 0. The summed E-state index contributed by atoms with van der Waals surface area (Å²) in [5.74, 6) is -4.68. The molecular formula is C30H27N3O6. The fourth-order valence-corrected chi connectivity index (χ4v) is 6.26. The number of carboxylic acid groups (broad SMARTS) is 1. The minimum atomic E-state index is -1.83. The maximum Gasteiger partial charge on any atom is 0.325 e. The number of aromatic nitrogens is 1. The molecule has 4 aromatic rings. The van der Waals surface area contributed by atoms with E-state index in [0.717, 1.165) is 21.4 Å². The first-order valence-electron chi connectivity index (χ1n) is 12.6. The van der Waals surface area contributed by atoms with Crippen molar-refractivity contribution < 1.29 is 29.3 Å². The van der Waals surface area contributed by atoms with Crippen molar-refractivity contribution in [2.24, 2.45) is 11.8 Å². The molecule has 39 heavy (non-hydrogen) atoms. The third-order valence-electron chi connectivity index (χ3n) is 8.03. The van der Waals surface area contributed by atoms with Crippen LogP contribution in [0.4, 0.5) is 5.69 Å². The first kappa shape index (κ1) is 24.7. The second-order valence-corrected chi connectivity index (χ2v) is 10.2. The predicted octanol–water partition coefficient (Wildman–Crippen LogP) is 3.71. The molecule has 2 fully saturated rings. The number of aromatic hydroxyl groups is 1. The van der Waals surface area contributed by atoms with Crippen molar-refractivity contribution >= 4 is 34.4 Å². The molecule has 4 N–H and O–H groups in total. The zero-order chi connectivity index (χ0) is 27.5. The van der Waals surface area contributed by atoms with E-state index in [2.05, 4.69) is 10.3 Å². The average molecular weight is 526 g/mol. The Morgan fingerprint density at radius 3 is 2.56 bits per heavy atom. The largest absolute Gasteiger partial charge is 0.504 e. The fraction of sp³-hybridized carbons (Fsp3) is 0.233. The molecule has 9 heteroatoms. The van der Waals surface area contributed by atoms with Gasteiger partial charge in [0.05, 0.1) is 24.6 Å². The van der Waals surface area contributed by atoms with Crippen LogP contribution in [0.25, 0.3) is 10.9 Å². The third kappa shape index (κ3) is 3.61. The number of carbonyl (C=O) groups excluding carboxylic acids is 2. The van der Waals surface area contributed by atoms with Gasteiger partial charge in [-0.3, -0.25) is 19.7 Å². The number of phenols is 1. The standard InChI is InChI=1S/C30H27N3O6/c1-16-7-5-8-18(13-16)33-27(35)23-24(28(33)36)30(29(37)38,14-17-15-31-21-11-4-3-9-19(17)21)32-25(23)20-10-6-12-22(39-2)26(20)34/h3-13,15,23-25,31-32,34H,14H2,1-2H3,(H,37,38)/t23-,24+,25+,30-/m1/s1. The summed E-state index contributed by atoms with van der Waals surface area (Å²) in [4.78, 5) is 45.6. The molecule has 2 amide bonds. The smallest absolute Gasteiger partial charge is 0.325 e. The molecule has 0 bridgehead atoms. The molecule has 0 spiro atoms. The lowest BCUT2D eigenvalue weighted by molar-refractivity contribution is -0.148. The predicted molar refractivity (Wildman–Crippen MR) is 144 cm³/mol. The van der Waals surface area contributed by atoms with Crippen molar-refractivity contribution in [1.82, 2.24) is 10.3 Å². The number of anilines is 1. The third-order valence-corrected chi connectivity index (χ3v) is 8.03. The number of nitrogens with zero attached hydrogens (tertiary/aromatic N) is 1. The molecular weight excluding hydrogens is 498 g/mol. The van der Waals surface area contributed by atoms with Crippen LogP contribution in [0.5, 0.6) is 11.5 Å². The van der Waals surface area contributed by atoms with Crippen LogP contribution in [0.1, 0.15) is 22.7 Å². The molecule has 4 atom stereocenters. The second-order valence-electron chi connectivity index (χ2n) is 10.2. The number of amides is 2. The number of hydrogen-bond acceptors (Lipinski definition) is 6. The number of ether oxygens (including phenoxy) is 1. The van der Waals surface area contributed by atoms with E-state index < -0.39 is 41.2 Å². The van der Waals surface area contributed by atoms with Crippen molar-refractivity contribution in [1.29, 1.82) is 0 Å². The number of nitrogens with one attached hydrogen (secondary N) is 2. The highest BCUT2D eigenvalue weighted by Crippen LogP contribution is 2.53. The Kier molecular flexibility index (Phi) is 5.69. The summed E-state index contributed by atoms with van der Waals surface area (Å²) in [5.41, 5.74) is 1.23. The van der Waals surface area contributed by atoms with Gasteiger partial charge in [0, 0.05) is 35.1 Å². The van der Waals surface area contributed by atoms with Crippen LogP contribution in [0.2, 0.25) is 0 Å². The number of benzene rings is 3. The van der Waals surface area contributed by atoms with E-state index >= 15 is 0 Å². The zero-order valence-corrected chi connectivity index (χ0v) is 21.3. The van der Waals surface area contributed by atoms with Crippen molar-refractivity contribution in [3.05, 3.63) is 89.6 Å². The topological polar surface area (TPSA) is 132 Å². The molecule has 1 aromatic heterocycles. The summed E-state index contributed by atoms with van der Waals surface area (Å²) in [5, 5.41) is 25.8. The van der Waals surface area contributed by atoms with Gasteiger partial charge in [0.2, 0.25) is 11.8 Å². The summed E-state index contributed by atoms with van der Waals surface area (Å²) < 4.78 is 5.28. The first-order valence-corrected chi connectivity index (χ1v) is 12.6. The Hall–Kier alpha value is -4.63. The van der Waals surface area contributed by atoms with Gasteiger partial charge < -0.3 is 19.9 Å². The lowest BCUT2D eigenvalue weighted by Gasteiger charge is -2.31. The quantitative estimate of drug-likeness (QED) is 0.282. The Balaban J connectivity index is 1.54. The highest BCUT2D eigenvalue weighted by Gasteiger charge is 2.69. The number of imide groups is 1. The van der Waals surface area contributed by atoms with Crippen LogP contribution in [-0.4, -0.2) is 45.6 Å². The van der Waals surface area contributed by atoms with Crippen LogP contribution in [0, 0.1) is 18.8 Å². The molecule has 3 heterocycles. The van der Waals surface area contributed by atoms with Crippen LogP contribution >= 0.6 is 0 Å². The number of carbonyl (C=O) groups is 3. The maximum absolute atomic E-state index is 14.1. The molecule has 198 valence electrons. The molecule has 0 saturated carbocycles. The lowest BCUT2D eigenvalue weighted by atomic mass is 9.76. The van der Waals surface area contributed by atoms with Gasteiger partial charge in [0.25, 0.3) is 0 Å². The van der Waals surface area contributed by atoms with Crippen molar-refractivity contribution in [3.63, 3.8) is 0 Å². The highest BCUT2D eigenvalue weighted by molar-refractivity contribution is 6.24. The van der Waals surface area contributed by atoms with Crippen molar-refractivity contribution in [2.45, 2.75) is 24.9 Å². The fourth-order valence-electron chi connectivity index (χ4n) is 6.26. The SMILES string of the molecule is COc1cccc([C@@H]2N[C@@](Cc3c[nH]c4ccccc34)(C(=O)O)[C@@H]3C(=O)N(c4cccc(C)c4)C(=O)[C@H]32)c1O. The van der Waals surface area contributed by atoms with Gasteiger partial charge in [-0.2, -0.15) is 0 Å². The highest BCUT2D eigenvalue weighted by atomic mass is 16.5. The number of para-hydroxylation sites is 2. The summed E-state index contributed by atoms with van der Waals surface area (Å²) in [6.07, 6.45) is 1.68. The minimum absolute atomic E-state index is 0.0601. The number of rotatable bonds is 6. The molecule has 0 radical (unpaired) electrons. The Bertz CT molecular complexity index is 1640. The first-order chi connectivity index (χ1) is 18.8. The van der Waals surface area contributed by atoms with E-state index in [4.69, 9.17) is 4.74 Å². The summed E-state index contributed by atoms with van der Waals surface area (Å²) in [7, 11) is 1.41. The number of carboxylic acids is 1. The molecule has 2 saturated heterocycles. The Labute approximate surface area is 224 Å². The van der Waals surface area contributed by atoms with E-state index in [9.17, 15) is 24.6 Å². The lowest BCUT2D eigenvalue weighted by Crippen LogP contribution is -2.57. The number of aromatic amines is 1. The zero-order valence-electron chi connectivity index (χ0n) is 21.3. The maximum atomic E-state index is 14.1. The van der Waals surface area contributed by atoms with Gasteiger partial charge in [-0.25, -0.2) is 4.90 Å². The number of phenolic OH excluding ortho intramolecular Hbond substituents is 1. The van der Waals surface area contributed by atoms with Gasteiger partial charge in [-0.1, -0.05) is 42.5 Å².